The predicted molar refractivity (Wildman–Crippen MR) is 115 cm³/mol. The molecule has 7 heteroatoms. The van der Waals surface area contributed by atoms with E-state index in [0.29, 0.717) is 23.1 Å². The van der Waals surface area contributed by atoms with Gasteiger partial charge in [-0.1, -0.05) is 48.3 Å². The van der Waals surface area contributed by atoms with Gasteiger partial charge in [0.25, 0.3) is 0 Å². The molecule has 0 aromatic heterocycles. The first-order valence-corrected chi connectivity index (χ1v) is 11.8. The minimum absolute atomic E-state index is 0.223. The highest BCUT2D eigenvalue weighted by molar-refractivity contribution is 7.89. The molecule has 0 atom stereocenters. The molecule has 4 nitrogen and oxygen atoms in total. The van der Waals surface area contributed by atoms with Crippen molar-refractivity contribution < 1.29 is 8.42 Å². The van der Waals surface area contributed by atoms with Crippen LogP contribution in [-0.2, 0) is 16.6 Å². The molecule has 0 aliphatic carbocycles. The Morgan fingerprint density at radius 2 is 1.71 bits per heavy atom. The van der Waals surface area contributed by atoms with Gasteiger partial charge < -0.3 is 4.90 Å². The summed E-state index contributed by atoms with van der Waals surface area (Å²) in [5.41, 5.74) is 0.905. The topological polar surface area (TPSA) is 40.6 Å². The lowest BCUT2D eigenvalue weighted by molar-refractivity contribution is 0.181. The monoisotopic (exact) mass is 440 g/mol. The van der Waals surface area contributed by atoms with Crippen LogP contribution in [0.15, 0.2) is 53.4 Å². The van der Waals surface area contributed by atoms with Crippen molar-refractivity contribution in [2.24, 2.45) is 5.92 Å². The maximum atomic E-state index is 13.3. The van der Waals surface area contributed by atoms with Crippen LogP contribution >= 0.6 is 23.2 Å². The summed E-state index contributed by atoms with van der Waals surface area (Å²) >= 11 is 12.0. The van der Waals surface area contributed by atoms with Crippen molar-refractivity contribution in [3.8, 4) is 0 Å². The first-order valence-electron chi connectivity index (χ1n) is 9.57. The molecular formula is C21H26Cl2N2O2S. The van der Waals surface area contributed by atoms with E-state index < -0.39 is 10.0 Å². The Morgan fingerprint density at radius 1 is 1.04 bits per heavy atom. The van der Waals surface area contributed by atoms with Crippen molar-refractivity contribution in [1.82, 2.24) is 9.21 Å². The van der Waals surface area contributed by atoms with Crippen molar-refractivity contribution in [2.45, 2.75) is 31.2 Å². The Balaban J connectivity index is 1.79. The zero-order valence-electron chi connectivity index (χ0n) is 16.0. The van der Waals surface area contributed by atoms with Crippen molar-refractivity contribution in [2.75, 3.05) is 26.2 Å². The van der Waals surface area contributed by atoms with Crippen molar-refractivity contribution in [1.29, 1.82) is 0 Å². The van der Waals surface area contributed by atoms with Gasteiger partial charge in [-0.15, -0.1) is 0 Å². The maximum Gasteiger partial charge on any atom is 0.243 e. The van der Waals surface area contributed by atoms with Gasteiger partial charge in [-0.05, 0) is 67.7 Å². The Labute approximate surface area is 178 Å². The molecule has 0 unspecified atom stereocenters. The summed E-state index contributed by atoms with van der Waals surface area (Å²) < 4.78 is 28.1. The lowest BCUT2D eigenvalue weighted by Gasteiger charge is -2.32. The molecule has 152 valence electrons. The molecule has 1 fully saturated rings. The number of halogens is 2. The first kappa shape index (κ1) is 21.6. The van der Waals surface area contributed by atoms with E-state index in [0.717, 1.165) is 44.0 Å². The van der Waals surface area contributed by atoms with Crippen LogP contribution < -0.4 is 0 Å². The van der Waals surface area contributed by atoms with Crippen LogP contribution in [0.4, 0.5) is 0 Å². The second-order valence-corrected chi connectivity index (χ2v) is 10.3. The third-order valence-electron chi connectivity index (χ3n) is 5.25. The van der Waals surface area contributed by atoms with Crippen molar-refractivity contribution >= 4 is 33.2 Å². The Bertz CT molecular complexity index is 880. The highest BCUT2D eigenvalue weighted by Crippen LogP contribution is 2.23. The largest absolute Gasteiger partial charge is 0.302 e. The third-order valence-corrected chi connectivity index (χ3v) is 7.58. The van der Waals surface area contributed by atoms with Crippen molar-refractivity contribution in [3.63, 3.8) is 0 Å². The molecule has 1 heterocycles. The Morgan fingerprint density at radius 3 is 2.36 bits per heavy atom. The normalized spacial score (nSPS) is 16.6. The van der Waals surface area contributed by atoms with E-state index >= 15 is 0 Å². The van der Waals surface area contributed by atoms with Gasteiger partial charge in [-0.3, -0.25) is 0 Å². The van der Waals surface area contributed by atoms with Crippen LogP contribution in [0.2, 0.25) is 10.0 Å². The van der Waals surface area contributed by atoms with E-state index in [1.165, 1.54) is 6.07 Å². The number of benzene rings is 2. The lowest BCUT2D eigenvalue weighted by atomic mass is 9.99. The van der Waals surface area contributed by atoms with Crippen molar-refractivity contribution in [3.05, 3.63) is 64.1 Å². The molecule has 1 saturated heterocycles. The molecule has 0 spiro atoms. The highest BCUT2D eigenvalue weighted by Gasteiger charge is 2.26. The predicted octanol–water partition coefficient (Wildman–Crippen LogP) is 4.92. The van der Waals surface area contributed by atoms with E-state index in [4.69, 9.17) is 23.2 Å². The summed E-state index contributed by atoms with van der Waals surface area (Å²) in [6.45, 7) is 5.77. The van der Waals surface area contributed by atoms with Gasteiger partial charge in [0.05, 0.1) is 4.90 Å². The molecule has 0 bridgehead atoms. The van der Waals surface area contributed by atoms with Gasteiger partial charge in [-0.25, -0.2) is 8.42 Å². The average molecular weight is 441 g/mol. The number of nitrogens with zero attached hydrogens (tertiary/aromatic N) is 2. The molecule has 0 radical (unpaired) electrons. The van der Waals surface area contributed by atoms with Gasteiger partial charge in [0.1, 0.15) is 0 Å². The Kier molecular flexibility index (Phi) is 7.40. The minimum atomic E-state index is -3.65. The summed E-state index contributed by atoms with van der Waals surface area (Å²) in [6.07, 6.45) is 2.33. The smallest absolute Gasteiger partial charge is 0.243 e. The summed E-state index contributed by atoms with van der Waals surface area (Å²) in [6, 6.07) is 13.8. The van der Waals surface area contributed by atoms with E-state index in [2.05, 4.69) is 11.8 Å². The van der Waals surface area contributed by atoms with Crippen LogP contribution in [0.3, 0.4) is 0 Å². The van der Waals surface area contributed by atoms with Crippen LogP contribution in [-0.4, -0.2) is 43.8 Å². The molecule has 1 aliphatic rings. The molecule has 0 amide bonds. The molecule has 0 saturated carbocycles. The van der Waals surface area contributed by atoms with Crippen LogP contribution in [0.1, 0.15) is 25.3 Å². The molecule has 28 heavy (non-hydrogen) atoms. The van der Waals surface area contributed by atoms with E-state index in [-0.39, 0.29) is 4.90 Å². The van der Waals surface area contributed by atoms with Crippen LogP contribution in [0, 0.1) is 5.92 Å². The summed E-state index contributed by atoms with van der Waals surface area (Å²) in [5, 5.41) is 1.05. The number of sulfonamides is 1. The standard InChI is InChI=1S/C21H26Cl2N2O2S/c1-17-9-11-24(12-10-17)13-14-25(16-18-5-7-19(22)8-6-18)28(26,27)21-4-2-3-20(23)15-21/h2-8,15,17H,9-14,16H2,1H3. The van der Waals surface area contributed by atoms with Gasteiger partial charge in [0.15, 0.2) is 0 Å². The van der Waals surface area contributed by atoms with Crippen LogP contribution in [0.5, 0.6) is 0 Å². The van der Waals surface area contributed by atoms with Gasteiger partial charge in [0.2, 0.25) is 10.0 Å². The van der Waals surface area contributed by atoms with E-state index in [9.17, 15) is 8.42 Å². The van der Waals surface area contributed by atoms with Gasteiger partial charge in [-0.2, -0.15) is 4.31 Å². The molecule has 0 N–H and O–H groups in total. The number of piperidine rings is 1. The SMILES string of the molecule is CC1CCN(CCN(Cc2ccc(Cl)cc2)S(=O)(=O)c2cccc(Cl)c2)CC1. The zero-order chi connectivity index (χ0) is 20.1. The van der Waals surface area contributed by atoms with Gasteiger partial charge in [0, 0.05) is 29.7 Å². The van der Waals surface area contributed by atoms with Crippen LogP contribution in [0.25, 0.3) is 0 Å². The summed E-state index contributed by atoms with van der Waals surface area (Å²) in [5.74, 6) is 0.747. The molecule has 2 aromatic carbocycles. The number of hydrogen-bond acceptors (Lipinski definition) is 3. The quantitative estimate of drug-likeness (QED) is 0.613. The molecule has 3 rings (SSSR count). The number of likely N-dealkylation sites (tertiary alicyclic amines) is 1. The summed E-state index contributed by atoms with van der Waals surface area (Å²) in [4.78, 5) is 2.57. The lowest BCUT2D eigenvalue weighted by Crippen LogP contribution is -2.41. The second-order valence-electron chi connectivity index (χ2n) is 7.45. The molecule has 1 aliphatic heterocycles. The zero-order valence-corrected chi connectivity index (χ0v) is 18.3. The first-order chi connectivity index (χ1) is 13.3. The molecular weight excluding hydrogens is 415 g/mol. The van der Waals surface area contributed by atoms with E-state index in [1.807, 2.05) is 12.1 Å². The Hall–Kier alpha value is -1.11. The fourth-order valence-corrected chi connectivity index (χ4v) is 5.24. The summed E-state index contributed by atoms with van der Waals surface area (Å²) in [7, 11) is -3.65. The second kappa shape index (κ2) is 9.59. The fourth-order valence-electron chi connectivity index (χ4n) is 3.39. The molecule has 2 aromatic rings. The third kappa shape index (κ3) is 5.71. The maximum absolute atomic E-state index is 13.3. The van der Waals surface area contributed by atoms with Gasteiger partial charge >= 0.3 is 0 Å². The minimum Gasteiger partial charge on any atom is -0.302 e. The number of hydrogen-bond donors (Lipinski definition) is 0. The fraction of sp³-hybridized carbons (Fsp3) is 0.429. The average Bonchev–Trinajstić information content (AvgIpc) is 2.68. The highest BCUT2D eigenvalue weighted by atomic mass is 35.5. The number of rotatable bonds is 7. The van der Waals surface area contributed by atoms with E-state index in [1.54, 1.807) is 34.6 Å².